The second-order valence-corrected chi connectivity index (χ2v) is 4.25. The molecule has 0 bridgehead atoms. The van der Waals surface area contributed by atoms with Gasteiger partial charge in [0, 0.05) is 18.5 Å². The third-order valence-corrected chi connectivity index (χ3v) is 2.52. The normalized spacial score (nSPS) is 15.3. The van der Waals surface area contributed by atoms with E-state index in [0.29, 0.717) is 5.92 Å². The van der Waals surface area contributed by atoms with E-state index in [-0.39, 0.29) is 17.9 Å². The van der Waals surface area contributed by atoms with Crippen molar-refractivity contribution in [1.29, 1.82) is 0 Å². The largest absolute Gasteiger partial charge is 0.353 e. The second kappa shape index (κ2) is 6.82. The van der Waals surface area contributed by atoms with Crippen LogP contribution < -0.4 is 10.6 Å². The molecule has 84 valence electrons. The highest BCUT2D eigenvalue weighted by Crippen LogP contribution is 2.01. The van der Waals surface area contributed by atoms with E-state index >= 15 is 0 Å². The number of nitrogens with one attached hydrogen (secondary N) is 2. The van der Waals surface area contributed by atoms with Gasteiger partial charge in [0.2, 0.25) is 5.91 Å². The molecule has 0 saturated heterocycles. The van der Waals surface area contributed by atoms with Crippen LogP contribution in [0.3, 0.4) is 0 Å². The summed E-state index contributed by atoms with van der Waals surface area (Å²) in [5, 5.41) is 6.18. The predicted molar refractivity (Wildman–Crippen MR) is 60.2 cm³/mol. The Balaban J connectivity index is 3.82. The first-order valence-electron chi connectivity index (χ1n) is 5.50. The summed E-state index contributed by atoms with van der Waals surface area (Å²) < 4.78 is 0. The Kier molecular flexibility index (Phi) is 6.54. The average Bonchev–Trinajstić information content (AvgIpc) is 2.13. The van der Waals surface area contributed by atoms with E-state index in [0.717, 1.165) is 13.1 Å². The highest BCUT2D eigenvalue weighted by Gasteiger charge is 2.15. The first-order valence-corrected chi connectivity index (χ1v) is 5.50. The lowest BCUT2D eigenvalue weighted by Gasteiger charge is -2.20. The van der Waals surface area contributed by atoms with E-state index in [4.69, 9.17) is 0 Å². The lowest BCUT2D eigenvalue weighted by atomic mass is 10.0. The number of rotatable bonds is 6. The molecular formula is C11H24N2O. The topological polar surface area (TPSA) is 41.1 Å². The van der Waals surface area contributed by atoms with Gasteiger partial charge < -0.3 is 10.6 Å². The zero-order valence-corrected chi connectivity index (χ0v) is 10.1. The zero-order valence-electron chi connectivity index (χ0n) is 10.1. The maximum absolute atomic E-state index is 11.6. The van der Waals surface area contributed by atoms with Gasteiger partial charge in [-0.3, -0.25) is 4.79 Å². The van der Waals surface area contributed by atoms with E-state index in [2.05, 4.69) is 24.5 Å². The van der Waals surface area contributed by atoms with Crippen LogP contribution >= 0.6 is 0 Å². The molecule has 0 saturated carbocycles. The molecule has 3 nitrogen and oxygen atoms in total. The number of carbonyl (C=O) groups is 1. The molecular weight excluding hydrogens is 176 g/mol. The molecule has 3 heteroatoms. The van der Waals surface area contributed by atoms with Crippen molar-refractivity contribution in [3.05, 3.63) is 0 Å². The molecule has 0 aliphatic carbocycles. The molecule has 0 heterocycles. The summed E-state index contributed by atoms with van der Waals surface area (Å²) in [4.78, 5) is 11.6. The van der Waals surface area contributed by atoms with Gasteiger partial charge in [0.1, 0.15) is 0 Å². The maximum Gasteiger partial charge on any atom is 0.224 e. The zero-order chi connectivity index (χ0) is 11.1. The van der Waals surface area contributed by atoms with E-state index < -0.39 is 0 Å². The number of hydrogen-bond donors (Lipinski definition) is 2. The first-order chi connectivity index (χ1) is 6.49. The molecule has 0 fully saturated rings. The molecule has 2 N–H and O–H groups in total. The molecule has 2 unspecified atom stereocenters. The summed E-state index contributed by atoms with van der Waals surface area (Å²) >= 11 is 0. The van der Waals surface area contributed by atoms with Crippen molar-refractivity contribution in [2.45, 2.75) is 40.7 Å². The minimum absolute atomic E-state index is 0.0520. The number of carbonyl (C=O) groups excluding carboxylic acids is 1. The maximum atomic E-state index is 11.6. The van der Waals surface area contributed by atoms with Crippen LogP contribution in [-0.4, -0.2) is 25.0 Å². The van der Waals surface area contributed by atoms with E-state index in [1.54, 1.807) is 0 Å². The molecule has 1 amide bonds. The Morgan fingerprint density at radius 1 is 1.21 bits per heavy atom. The van der Waals surface area contributed by atoms with Crippen LogP contribution in [0.2, 0.25) is 0 Å². The van der Waals surface area contributed by atoms with Crippen LogP contribution in [0.25, 0.3) is 0 Å². The van der Waals surface area contributed by atoms with Gasteiger partial charge in [-0.1, -0.05) is 27.7 Å². The standard InChI is InChI=1S/C11H24N2O/c1-6-12-7-9(4)11(14)13-10(5)8(2)3/h8-10,12H,6-7H2,1-5H3,(H,13,14). The fourth-order valence-corrected chi connectivity index (χ4v) is 0.987. The lowest BCUT2D eigenvalue weighted by Crippen LogP contribution is -2.41. The lowest BCUT2D eigenvalue weighted by molar-refractivity contribution is -0.125. The molecule has 0 aromatic carbocycles. The number of hydrogen-bond acceptors (Lipinski definition) is 2. The van der Waals surface area contributed by atoms with Crippen LogP contribution in [0.1, 0.15) is 34.6 Å². The van der Waals surface area contributed by atoms with Crippen LogP contribution in [0.15, 0.2) is 0 Å². The van der Waals surface area contributed by atoms with Crippen molar-refractivity contribution in [2.75, 3.05) is 13.1 Å². The molecule has 2 atom stereocenters. The molecule has 0 aromatic heterocycles. The third kappa shape index (κ3) is 5.22. The monoisotopic (exact) mass is 200 g/mol. The third-order valence-electron chi connectivity index (χ3n) is 2.52. The summed E-state index contributed by atoms with van der Waals surface area (Å²) in [5.74, 6) is 0.689. The Hall–Kier alpha value is -0.570. The highest BCUT2D eigenvalue weighted by atomic mass is 16.1. The van der Waals surface area contributed by atoms with Gasteiger partial charge in [-0.05, 0) is 19.4 Å². The molecule has 0 spiro atoms. The highest BCUT2D eigenvalue weighted by molar-refractivity contribution is 5.78. The van der Waals surface area contributed by atoms with Gasteiger partial charge >= 0.3 is 0 Å². The van der Waals surface area contributed by atoms with Gasteiger partial charge in [-0.25, -0.2) is 0 Å². The average molecular weight is 200 g/mol. The van der Waals surface area contributed by atoms with E-state index in [1.807, 2.05) is 20.8 Å². The molecule has 14 heavy (non-hydrogen) atoms. The van der Waals surface area contributed by atoms with Crippen molar-refractivity contribution >= 4 is 5.91 Å². The second-order valence-electron chi connectivity index (χ2n) is 4.25. The Bertz CT molecular complexity index is 169. The van der Waals surface area contributed by atoms with Crippen molar-refractivity contribution < 1.29 is 4.79 Å². The minimum Gasteiger partial charge on any atom is -0.353 e. The SMILES string of the molecule is CCNCC(C)C(=O)NC(C)C(C)C. The van der Waals surface area contributed by atoms with Crippen molar-refractivity contribution in [3.63, 3.8) is 0 Å². The molecule has 0 aliphatic rings. The molecule has 0 aliphatic heterocycles. The van der Waals surface area contributed by atoms with E-state index in [1.165, 1.54) is 0 Å². The molecule has 0 rings (SSSR count). The predicted octanol–water partition coefficient (Wildman–Crippen LogP) is 1.39. The minimum atomic E-state index is 0.0520. The Morgan fingerprint density at radius 2 is 1.79 bits per heavy atom. The summed E-state index contributed by atoms with van der Waals surface area (Å²) in [6, 6.07) is 0.256. The van der Waals surface area contributed by atoms with Gasteiger partial charge in [-0.2, -0.15) is 0 Å². The van der Waals surface area contributed by atoms with Crippen LogP contribution in [-0.2, 0) is 4.79 Å². The van der Waals surface area contributed by atoms with Crippen LogP contribution in [0, 0.1) is 11.8 Å². The first kappa shape index (κ1) is 13.4. The van der Waals surface area contributed by atoms with Gasteiger partial charge in [0.05, 0.1) is 0 Å². The summed E-state index contributed by atoms with van der Waals surface area (Å²) in [5.41, 5.74) is 0. The summed E-state index contributed by atoms with van der Waals surface area (Å²) in [6.07, 6.45) is 0. The Morgan fingerprint density at radius 3 is 2.21 bits per heavy atom. The Labute approximate surface area is 87.6 Å². The van der Waals surface area contributed by atoms with Crippen LogP contribution in [0.4, 0.5) is 0 Å². The quantitative estimate of drug-likeness (QED) is 0.680. The molecule has 0 radical (unpaired) electrons. The van der Waals surface area contributed by atoms with Gasteiger partial charge in [0.25, 0.3) is 0 Å². The smallest absolute Gasteiger partial charge is 0.224 e. The summed E-state index contributed by atoms with van der Waals surface area (Å²) in [6.45, 7) is 11.9. The van der Waals surface area contributed by atoms with Crippen LogP contribution in [0.5, 0.6) is 0 Å². The van der Waals surface area contributed by atoms with Crippen molar-refractivity contribution in [1.82, 2.24) is 10.6 Å². The van der Waals surface area contributed by atoms with Gasteiger partial charge in [0.15, 0.2) is 0 Å². The summed E-state index contributed by atoms with van der Waals surface area (Å²) in [7, 11) is 0. The fourth-order valence-electron chi connectivity index (χ4n) is 0.987. The number of amides is 1. The van der Waals surface area contributed by atoms with E-state index in [9.17, 15) is 4.79 Å². The van der Waals surface area contributed by atoms with Gasteiger partial charge in [-0.15, -0.1) is 0 Å². The molecule has 0 aromatic rings. The van der Waals surface area contributed by atoms with Crippen molar-refractivity contribution in [2.24, 2.45) is 11.8 Å². The van der Waals surface area contributed by atoms with Crippen molar-refractivity contribution in [3.8, 4) is 0 Å². The fraction of sp³-hybridized carbons (Fsp3) is 0.909.